The standard InChI is InChI=1S/C13H10F2N2O/c14-8-4-5-12(15)11(6-8)13(18)17-10-3-1-2-9(16)7-10/h1-7H,16H2,(H,17,18). The largest absolute Gasteiger partial charge is 0.399 e. The number of hydrogen-bond acceptors (Lipinski definition) is 2. The molecule has 0 aliphatic rings. The number of carbonyl (C=O) groups is 1. The van der Waals surface area contributed by atoms with Gasteiger partial charge in [-0.1, -0.05) is 6.07 Å². The molecule has 2 aromatic carbocycles. The van der Waals surface area contributed by atoms with Crippen LogP contribution in [0.5, 0.6) is 0 Å². The summed E-state index contributed by atoms with van der Waals surface area (Å²) in [5.74, 6) is -2.18. The highest BCUT2D eigenvalue weighted by Gasteiger charge is 2.12. The molecular formula is C13H10F2N2O. The van der Waals surface area contributed by atoms with E-state index in [9.17, 15) is 13.6 Å². The zero-order valence-electron chi connectivity index (χ0n) is 9.28. The molecule has 0 heterocycles. The van der Waals surface area contributed by atoms with E-state index in [-0.39, 0.29) is 5.56 Å². The number of nitrogens with two attached hydrogens (primary N) is 1. The minimum absolute atomic E-state index is 0.350. The van der Waals surface area contributed by atoms with Gasteiger partial charge in [0, 0.05) is 11.4 Å². The van der Waals surface area contributed by atoms with E-state index in [1.165, 1.54) is 6.07 Å². The van der Waals surface area contributed by atoms with Crippen LogP contribution in [-0.2, 0) is 0 Å². The number of amides is 1. The minimum atomic E-state index is -0.780. The Kier molecular flexibility index (Phi) is 3.23. The van der Waals surface area contributed by atoms with E-state index in [1.54, 1.807) is 18.2 Å². The molecule has 0 spiro atoms. The van der Waals surface area contributed by atoms with Gasteiger partial charge in [0.1, 0.15) is 11.6 Å². The molecule has 0 aliphatic heterocycles. The Morgan fingerprint density at radius 3 is 2.61 bits per heavy atom. The number of nitrogen functional groups attached to an aromatic ring is 1. The van der Waals surface area contributed by atoms with E-state index in [4.69, 9.17) is 5.73 Å². The maximum absolute atomic E-state index is 13.3. The normalized spacial score (nSPS) is 10.1. The molecule has 0 aliphatic carbocycles. The first-order valence-corrected chi connectivity index (χ1v) is 5.18. The fourth-order valence-corrected chi connectivity index (χ4v) is 1.49. The number of anilines is 2. The number of rotatable bonds is 2. The van der Waals surface area contributed by atoms with Crippen LogP contribution in [0.15, 0.2) is 42.5 Å². The lowest BCUT2D eigenvalue weighted by Crippen LogP contribution is -2.14. The molecule has 0 aromatic heterocycles. The molecule has 0 fully saturated rings. The van der Waals surface area contributed by atoms with Gasteiger partial charge in [0.25, 0.3) is 5.91 Å². The SMILES string of the molecule is Nc1cccc(NC(=O)c2cc(F)ccc2F)c1. The van der Waals surface area contributed by atoms with Crippen molar-refractivity contribution in [3.8, 4) is 0 Å². The van der Waals surface area contributed by atoms with Gasteiger partial charge in [0.15, 0.2) is 0 Å². The Balaban J connectivity index is 2.24. The van der Waals surface area contributed by atoms with Gasteiger partial charge in [0.05, 0.1) is 5.56 Å². The molecule has 5 heteroatoms. The highest BCUT2D eigenvalue weighted by molar-refractivity contribution is 6.04. The third-order valence-electron chi connectivity index (χ3n) is 2.32. The summed E-state index contributed by atoms with van der Waals surface area (Å²) in [4.78, 5) is 11.7. The maximum Gasteiger partial charge on any atom is 0.258 e. The third kappa shape index (κ3) is 2.63. The third-order valence-corrected chi connectivity index (χ3v) is 2.32. The highest BCUT2D eigenvalue weighted by Crippen LogP contribution is 2.15. The van der Waals surface area contributed by atoms with Crippen LogP contribution in [0.25, 0.3) is 0 Å². The first-order valence-electron chi connectivity index (χ1n) is 5.18. The first kappa shape index (κ1) is 12.0. The van der Waals surface area contributed by atoms with Crippen LogP contribution in [0, 0.1) is 11.6 Å². The van der Waals surface area contributed by atoms with Gasteiger partial charge < -0.3 is 11.1 Å². The lowest BCUT2D eigenvalue weighted by molar-refractivity contribution is 0.102. The van der Waals surface area contributed by atoms with Crippen molar-refractivity contribution in [1.29, 1.82) is 0 Å². The van der Waals surface area contributed by atoms with Crippen molar-refractivity contribution in [2.45, 2.75) is 0 Å². The molecule has 2 rings (SSSR count). The van der Waals surface area contributed by atoms with Crippen molar-refractivity contribution < 1.29 is 13.6 Å². The van der Waals surface area contributed by atoms with E-state index < -0.39 is 17.5 Å². The van der Waals surface area contributed by atoms with Crippen molar-refractivity contribution in [2.75, 3.05) is 11.1 Å². The maximum atomic E-state index is 13.3. The molecule has 3 N–H and O–H groups in total. The number of benzene rings is 2. The second-order valence-electron chi connectivity index (χ2n) is 3.70. The molecule has 0 saturated carbocycles. The predicted octanol–water partition coefficient (Wildman–Crippen LogP) is 2.80. The summed E-state index contributed by atoms with van der Waals surface area (Å²) in [5, 5.41) is 2.44. The monoisotopic (exact) mass is 248 g/mol. The smallest absolute Gasteiger partial charge is 0.258 e. The zero-order valence-corrected chi connectivity index (χ0v) is 9.28. The molecule has 0 radical (unpaired) electrons. The number of halogens is 2. The first-order chi connectivity index (χ1) is 8.56. The Morgan fingerprint density at radius 1 is 1.11 bits per heavy atom. The Bertz CT molecular complexity index is 599. The topological polar surface area (TPSA) is 55.1 Å². The van der Waals surface area contributed by atoms with E-state index in [0.29, 0.717) is 11.4 Å². The Labute approximate surface area is 102 Å². The fourth-order valence-electron chi connectivity index (χ4n) is 1.49. The van der Waals surface area contributed by atoms with Gasteiger partial charge in [-0.05, 0) is 36.4 Å². The minimum Gasteiger partial charge on any atom is -0.399 e. The van der Waals surface area contributed by atoms with Crippen molar-refractivity contribution in [3.63, 3.8) is 0 Å². The summed E-state index contributed by atoms with van der Waals surface area (Å²) in [5.41, 5.74) is 6.08. The predicted molar refractivity (Wildman–Crippen MR) is 65.2 cm³/mol. The van der Waals surface area contributed by atoms with Crippen molar-refractivity contribution in [2.24, 2.45) is 0 Å². The zero-order chi connectivity index (χ0) is 13.1. The lowest BCUT2D eigenvalue weighted by atomic mass is 10.2. The summed E-state index contributed by atoms with van der Waals surface area (Å²) < 4.78 is 26.3. The molecule has 0 atom stereocenters. The van der Waals surface area contributed by atoms with Crippen molar-refractivity contribution >= 4 is 17.3 Å². The van der Waals surface area contributed by atoms with Crippen molar-refractivity contribution in [1.82, 2.24) is 0 Å². The fraction of sp³-hybridized carbons (Fsp3) is 0. The molecule has 1 amide bonds. The molecule has 18 heavy (non-hydrogen) atoms. The van der Waals surface area contributed by atoms with Gasteiger partial charge in [-0.3, -0.25) is 4.79 Å². The number of hydrogen-bond donors (Lipinski definition) is 2. The van der Waals surface area contributed by atoms with Crippen LogP contribution in [0.2, 0.25) is 0 Å². The van der Waals surface area contributed by atoms with Gasteiger partial charge in [-0.15, -0.1) is 0 Å². The second-order valence-corrected chi connectivity index (χ2v) is 3.70. The molecule has 92 valence electrons. The van der Waals surface area contributed by atoms with Crippen molar-refractivity contribution in [3.05, 3.63) is 59.7 Å². The summed E-state index contributed by atoms with van der Waals surface area (Å²) >= 11 is 0. The summed E-state index contributed by atoms with van der Waals surface area (Å²) in [6, 6.07) is 9.12. The molecule has 2 aromatic rings. The van der Waals surface area contributed by atoms with Gasteiger partial charge >= 0.3 is 0 Å². The Morgan fingerprint density at radius 2 is 1.89 bits per heavy atom. The van der Waals surface area contributed by atoms with Gasteiger partial charge in [-0.25, -0.2) is 8.78 Å². The van der Waals surface area contributed by atoms with Crippen LogP contribution in [0.1, 0.15) is 10.4 Å². The summed E-state index contributed by atoms with van der Waals surface area (Å²) in [6.45, 7) is 0. The molecule has 0 bridgehead atoms. The number of carbonyl (C=O) groups excluding carboxylic acids is 1. The van der Waals surface area contributed by atoms with E-state index in [0.717, 1.165) is 18.2 Å². The van der Waals surface area contributed by atoms with E-state index in [2.05, 4.69) is 5.32 Å². The molecule has 3 nitrogen and oxygen atoms in total. The highest BCUT2D eigenvalue weighted by atomic mass is 19.1. The average molecular weight is 248 g/mol. The Hall–Kier alpha value is -2.43. The van der Waals surface area contributed by atoms with Crippen LogP contribution in [-0.4, -0.2) is 5.91 Å². The van der Waals surface area contributed by atoms with E-state index in [1.807, 2.05) is 0 Å². The quantitative estimate of drug-likeness (QED) is 0.803. The van der Waals surface area contributed by atoms with E-state index >= 15 is 0 Å². The molecule has 0 saturated heterocycles. The van der Waals surface area contributed by atoms with Crippen LogP contribution >= 0.6 is 0 Å². The molecular weight excluding hydrogens is 238 g/mol. The van der Waals surface area contributed by atoms with Gasteiger partial charge in [0.2, 0.25) is 0 Å². The lowest BCUT2D eigenvalue weighted by Gasteiger charge is -2.06. The average Bonchev–Trinajstić information content (AvgIpc) is 2.32. The second kappa shape index (κ2) is 4.83. The van der Waals surface area contributed by atoms with Crippen LogP contribution < -0.4 is 11.1 Å². The number of nitrogens with one attached hydrogen (secondary N) is 1. The summed E-state index contributed by atoms with van der Waals surface area (Å²) in [6.07, 6.45) is 0. The van der Waals surface area contributed by atoms with Crippen LogP contribution in [0.3, 0.4) is 0 Å². The summed E-state index contributed by atoms with van der Waals surface area (Å²) in [7, 11) is 0. The molecule has 0 unspecified atom stereocenters. The van der Waals surface area contributed by atoms with Gasteiger partial charge in [-0.2, -0.15) is 0 Å². The van der Waals surface area contributed by atoms with Crippen LogP contribution in [0.4, 0.5) is 20.2 Å².